The molecule has 1 saturated heterocycles. The van der Waals surface area contributed by atoms with Crippen LogP contribution in [0.3, 0.4) is 0 Å². The Morgan fingerprint density at radius 1 is 1.12 bits per heavy atom. The van der Waals surface area contributed by atoms with E-state index in [4.69, 9.17) is 14.2 Å². The van der Waals surface area contributed by atoms with Crippen LogP contribution in [0.25, 0.3) is 0 Å². The Labute approximate surface area is 142 Å². The molecular formula is C15H19F3N2O5. The molecule has 1 heterocycles. The average molecular weight is 364 g/mol. The van der Waals surface area contributed by atoms with Gasteiger partial charge in [-0.25, -0.2) is 4.79 Å². The number of para-hydroxylation sites is 1. The Hall–Kier alpha value is -2.20. The molecule has 0 aromatic heterocycles. The predicted octanol–water partition coefficient (Wildman–Crippen LogP) is 2.47. The number of rotatable bonds is 5. The fourth-order valence-electron chi connectivity index (χ4n) is 2.56. The molecule has 10 heteroatoms. The van der Waals surface area contributed by atoms with E-state index in [1.54, 1.807) is 0 Å². The SMILES string of the molecule is COc1cccc(OC(F)(F)F)c1NC(=O)N1C[C@H](OC)[C@H](OC)C1. The topological polar surface area (TPSA) is 69.3 Å². The number of methoxy groups -OCH3 is 3. The minimum absolute atomic E-state index is 0.0425. The summed E-state index contributed by atoms with van der Waals surface area (Å²) >= 11 is 0. The maximum Gasteiger partial charge on any atom is 0.573 e. The maximum atomic E-state index is 12.6. The molecule has 0 spiro atoms. The van der Waals surface area contributed by atoms with E-state index in [0.717, 1.165) is 6.07 Å². The molecule has 2 atom stereocenters. The van der Waals surface area contributed by atoms with Crippen molar-refractivity contribution in [2.75, 3.05) is 39.7 Å². The van der Waals surface area contributed by atoms with Crippen molar-refractivity contribution in [1.29, 1.82) is 0 Å². The molecule has 0 aliphatic carbocycles. The summed E-state index contributed by atoms with van der Waals surface area (Å²) in [5, 5.41) is 2.41. The van der Waals surface area contributed by atoms with Gasteiger partial charge in [-0.15, -0.1) is 13.2 Å². The monoisotopic (exact) mass is 364 g/mol. The first-order valence-electron chi connectivity index (χ1n) is 7.33. The molecule has 1 aliphatic heterocycles. The zero-order valence-corrected chi connectivity index (χ0v) is 13.9. The number of benzene rings is 1. The number of hydrogen-bond donors (Lipinski definition) is 1. The second kappa shape index (κ2) is 7.79. The summed E-state index contributed by atoms with van der Waals surface area (Å²) in [5.74, 6) is -0.521. The maximum absolute atomic E-state index is 12.6. The number of nitrogens with one attached hydrogen (secondary N) is 1. The third kappa shape index (κ3) is 4.67. The summed E-state index contributed by atoms with van der Waals surface area (Å²) < 4.78 is 57.2. The number of hydrogen-bond acceptors (Lipinski definition) is 5. The smallest absolute Gasteiger partial charge is 0.494 e. The number of amides is 2. The number of carbonyl (C=O) groups excluding carboxylic acids is 1. The molecule has 7 nitrogen and oxygen atoms in total. The van der Waals surface area contributed by atoms with Crippen LogP contribution < -0.4 is 14.8 Å². The number of nitrogens with zero attached hydrogens (tertiary/aromatic N) is 1. The minimum Gasteiger partial charge on any atom is -0.494 e. The van der Waals surface area contributed by atoms with Crippen molar-refractivity contribution in [3.05, 3.63) is 18.2 Å². The van der Waals surface area contributed by atoms with Crippen LogP contribution in [0.2, 0.25) is 0 Å². The lowest BCUT2D eigenvalue weighted by molar-refractivity contribution is -0.274. The molecule has 2 rings (SSSR count). The van der Waals surface area contributed by atoms with Crippen molar-refractivity contribution in [3.8, 4) is 11.5 Å². The third-order valence-electron chi connectivity index (χ3n) is 3.77. The van der Waals surface area contributed by atoms with Gasteiger partial charge in [0, 0.05) is 14.2 Å². The van der Waals surface area contributed by atoms with E-state index >= 15 is 0 Å². The summed E-state index contributed by atoms with van der Waals surface area (Å²) in [6.07, 6.45) is -5.54. The predicted molar refractivity (Wildman–Crippen MR) is 81.9 cm³/mol. The zero-order chi connectivity index (χ0) is 18.6. The Balaban J connectivity index is 2.20. The normalized spacial score (nSPS) is 20.5. The van der Waals surface area contributed by atoms with Crippen LogP contribution in [0.15, 0.2) is 18.2 Å². The molecule has 0 radical (unpaired) electrons. The van der Waals surface area contributed by atoms with Gasteiger partial charge in [-0.05, 0) is 12.1 Å². The van der Waals surface area contributed by atoms with Crippen LogP contribution in [0, 0.1) is 0 Å². The van der Waals surface area contributed by atoms with Gasteiger partial charge in [-0.3, -0.25) is 0 Å². The van der Waals surface area contributed by atoms with E-state index in [1.165, 1.54) is 38.4 Å². The standard InChI is InChI=1S/C15H19F3N2O5/c1-22-9-5-4-6-10(25-15(16,17)18)13(9)19-14(21)20-7-11(23-2)12(8-20)24-3/h4-6,11-12H,7-8H2,1-3H3,(H,19,21)/t11-,12+. The van der Waals surface area contributed by atoms with Gasteiger partial charge in [0.1, 0.15) is 23.6 Å². The number of urea groups is 1. The van der Waals surface area contributed by atoms with Gasteiger partial charge in [-0.2, -0.15) is 0 Å². The second-order valence-electron chi connectivity index (χ2n) is 5.26. The van der Waals surface area contributed by atoms with Crippen molar-refractivity contribution in [2.45, 2.75) is 18.6 Å². The number of alkyl halides is 3. The van der Waals surface area contributed by atoms with Crippen LogP contribution >= 0.6 is 0 Å². The number of ether oxygens (including phenoxy) is 4. The molecule has 1 fully saturated rings. The number of carbonyl (C=O) groups is 1. The first-order valence-corrected chi connectivity index (χ1v) is 7.33. The van der Waals surface area contributed by atoms with Gasteiger partial charge in [0.05, 0.1) is 20.2 Å². The van der Waals surface area contributed by atoms with Gasteiger partial charge in [0.25, 0.3) is 0 Å². The minimum atomic E-state index is -4.90. The second-order valence-corrected chi connectivity index (χ2v) is 5.26. The molecule has 1 aromatic rings. The van der Waals surface area contributed by atoms with Crippen molar-refractivity contribution in [2.24, 2.45) is 0 Å². The van der Waals surface area contributed by atoms with Crippen molar-refractivity contribution in [1.82, 2.24) is 4.90 Å². The van der Waals surface area contributed by atoms with E-state index in [-0.39, 0.29) is 36.7 Å². The van der Waals surface area contributed by atoms with E-state index in [1.807, 2.05) is 0 Å². The molecule has 0 saturated carbocycles. The molecule has 25 heavy (non-hydrogen) atoms. The molecule has 2 amide bonds. The summed E-state index contributed by atoms with van der Waals surface area (Å²) in [4.78, 5) is 13.8. The Morgan fingerprint density at radius 3 is 2.16 bits per heavy atom. The molecular weight excluding hydrogens is 345 g/mol. The zero-order valence-electron chi connectivity index (χ0n) is 13.9. The van der Waals surface area contributed by atoms with E-state index in [9.17, 15) is 18.0 Å². The fourth-order valence-corrected chi connectivity index (χ4v) is 2.56. The molecule has 0 unspecified atom stereocenters. The summed E-state index contributed by atoms with van der Waals surface area (Å²) in [6.45, 7) is 0.483. The highest BCUT2D eigenvalue weighted by molar-refractivity contribution is 5.93. The van der Waals surface area contributed by atoms with Gasteiger partial charge < -0.3 is 29.2 Å². The summed E-state index contributed by atoms with van der Waals surface area (Å²) in [5.41, 5.74) is -0.206. The van der Waals surface area contributed by atoms with Gasteiger partial charge in [0.15, 0.2) is 5.75 Å². The van der Waals surface area contributed by atoms with Crippen LogP contribution in [0.4, 0.5) is 23.7 Å². The number of likely N-dealkylation sites (tertiary alicyclic amines) is 1. The first kappa shape index (κ1) is 19.1. The fraction of sp³-hybridized carbons (Fsp3) is 0.533. The van der Waals surface area contributed by atoms with Crippen LogP contribution in [0.1, 0.15) is 0 Å². The third-order valence-corrected chi connectivity index (χ3v) is 3.77. The van der Waals surface area contributed by atoms with E-state index in [0.29, 0.717) is 0 Å². The molecule has 1 N–H and O–H groups in total. The lowest BCUT2D eigenvalue weighted by Gasteiger charge is -2.20. The van der Waals surface area contributed by atoms with Gasteiger partial charge in [0.2, 0.25) is 0 Å². The van der Waals surface area contributed by atoms with Crippen molar-refractivity contribution in [3.63, 3.8) is 0 Å². The van der Waals surface area contributed by atoms with E-state index < -0.39 is 18.1 Å². The van der Waals surface area contributed by atoms with Crippen molar-refractivity contribution >= 4 is 11.7 Å². The lowest BCUT2D eigenvalue weighted by atomic mass is 10.2. The Bertz CT molecular complexity index is 599. The molecule has 1 aliphatic rings. The average Bonchev–Trinajstić information content (AvgIpc) is 2.98. The molecule has 1 aromatic carbocycles. The van der Waals surface area contributed by atoms with E-state index in [2.05, 4.69) is 10.1 Å². The van der Waals surface area contributed by atoms with Crippen LogP contribution in [0.5, 0.6) is 11.5 Å². The summed E-state index contributed by atoms with van der Waals surface area (Å²) in [6, 6.07) is 3.22. The number of halogens is 3. The Kier molecular flexibility index (Phi) is 5.96. The lowest BCUT2D eigenvalue weighted by Crippen LogP contribution is -2.34. The highest BCUT2D eigenvalue weighted by Gasteiger charge is 2.37. The van der Waals surface area contributed by atoms with Crippen LogP contribution in [-0.4, -0.2) is 63.9 Å². The largest absolute Gasteiger partial charge is 0.573 e. The van der Waals surface area contributed by atoms with Crippen molar-refractivity contribution < 1.29 is 36.9 Å². The van der Waals surface area contributed by atoms with Gasteiger partial charge >= 0.3 is 12.4 Å². The number of anilines is 1. The van der Waals surface area contributed by atoms with Gasteiger partial charge in [-0.1, -0.05) is 6.07 Å². The highest BCUT2D eigenvalue weighted by atomic mass is 19.4. The van der Waals surface area contributed by atoms with Crippen LogP contribution in [-0.2, 0) is 9.47 Å². The molecule has 140 valence electrons. The molecule has 0 bridgehead atoms. The first-order chi connectivity index (χ1) is 11.8. The highest BCUT2D eigenvalue weighted by Crippen LogP contribution is 2.37. The summed E-state index contributed by atoms with van der Waals surface area (Å²) in [7, 11) is 4.27. The quantitative estimate of drug-likeness (QED) is 0.869. The Morgan fingerprint density at radius 2 is 1.68 bits per heavy atom.